The molecule has 1 aromatic heterocycles. The largest absolute Gasteiger partial charge is 0.487 e. The van der Waals surface area contributed by atoms with Crippen LogP contribution in [0.25, 0.3) is 0 Å². The van der Waals surface area contributed by atoms with E-state index in [-0.39, 0.29) is 18.1 Å². The van der Waals surface area contributed by atoms with E-state index in [1.807, 2.05) is 43.3 Å². The van der Waals surface area contributed by atoms with Crippen LogP contribution in [0.1, 0.15) is 46.5 Å². The number of benzene rings is 2. The number of rotatable bonds is 9. The molecular weight excluding hydrogens is 436 g/mol. The van der Waals surface area contributed by atoms with Crippen molar-refractivity contribution in [3.05, 3.63) is 82.5 Å². The van der Waals surface area contributed by atoms with Crippen molar-refractivity contribution in [3.8, 4) is 5.75 Å². The van der Waals surface area contributed by atoms with Gasteiger partial charge in [-0.2, -0.15) is 0 Å². The molecule has 1 atom stereocenters. The van der Waals surface area contributed by atoms with Crippen molar-refractivity contribution in [2.75, 3.05) is 10.8 Å². The summed E-state index contributed by atoms with van der Waals surface area (Å²) in [6, 6.07) is 14.4. The van der Waals surface area contributed by atoms with Crippen molar-refractivity contribution in [2.45, 2.75) is 46.3 Å². The number of hydrogen-bond donors (Lipinski definition) is 1. The zero-order valence-electron chi connectivity index (χ0n) is 19.7. The van der Waals surface area contributed by atoms with E-state index in [1.165, 1.54) is 0 Å². The molecule has 1 N–H and O–H groups in total. The Bertz CT molecular complexity index is 1160. The van der Waals surface area contributed by atoms with Crippen LogP contribution < -0.4 is 9.04 Å². The minimum Gasteiger partial charge on any atom is -0.487 e. The molecule has 2 aromatic carbocycles. The highest BCUT2D eigenvalue weighted by Gasteiger charge is 2.23. The maximum Gasteiger partial charge on any atom is 0.335 e. The predicted molar refractivity (Wildman–Crippen MR) is 131 cm³/mol. The predicted octanol–water partition coefficient (Wildman–Crippen LogP) is 5.47. The zero-order chi connectivity index (χ0) is 24.1. The van der Waals surface area contributed by atoms with E-state index in [0.717, 1.165) is 27.9 Å². The Morgan fingerprint density at radius 2 is 1.79 bits per heavy atom. The Morgan fingerprint density at radius 1 is 1.06 bits per heavy atom. The summed E-state index contributed by atoms with van der Waals surface area (Å²) in [7, 11) is -1.50. The topological polar surface area (TPSA) is 79.7 Å². The van der Waals surface area contributed by atoms with Crippen molar-refractivity contribution < 1.29 is 18.8 Å². The molecule has 0 aliphatic heterocycles. The molecule has 174 valence electrons. The van der Waals surface area contributed by atoms with E-state index in [4.69, 9.17) is 4.74 Å². The molecule has 0 amide bonds. The Morgan fingerprint density at radius 3 is 2.39 bits per heavy atom. The molecule has 7 heteroatoms. The first-order chi connectivity index (χ1) is 15.7. The maximum absolute atomic E-state index is 13.5. The van der Waals surface area contributed by atoms with Gasteiger partial charge in [-0.15, -0.1) is 0 Å². The smallest absolute Gasteiger partial charge is 0.335 e. The normalized spacial score (nSPS) is 11.9. The fourth-order valence-electron chi connectivity index (χ4n) is 3.38. The highest BCUT2D eigenvalue weighted by Crippen LogP contribution is 2.35. The summed E-state index contributed by atoms with van der Waals surface area (Å²) < 4.78 is 21.6. The molecule has 0 saturated carbocycles. The summed E-state index contributed by atoms with van der Waals surface area (Å²) in [5.41, 5.74) is 4.88. The Labute approximate surface area is 197 Å². The summed E-state index contributed by atoms with van der Waals surface area (Å²) in [4.78, 5) is 15.5. The highest BCUT2D eigenvalue weighted by atomic mass is 32.2. The van der Waals surface area contributed by atoms with Crippen LogP contribution in [0.2, 0.25) is 0 Å². The SMILES string of the molecule is Cc1cc(OCc2ccc(C(=O)O)cc2C)c(N(CC(C)C)S(=O)c2ccccn2)cc1C. The van der Waals surface area contributed by atoms with Crippen LogP contribution in [0.15, 0.2) is 59.8 Å². The van der Waals surface area contributed by atoms with Gasteiger partial charge in [-0.05, 0) is 85.3 Å². The van der Waals surface area contributed by atoms with E-state index in [2.05, 4.69) is 18.8 Å². The average Bonchev–Trinajstić information content (AvgIpc) is 2.78. The molecule has 1 unspecified atom stereocenters. The lowest BCUT2D eigenvalue weighted by Crippen LogP contribution is -2.31. The molecular formula is C26H30N2O4S. The fraction of sp³-hybridized carbons (Fsp3) is 0.308. The van der Waals surface area contributed by atoms with Crippen molar-refractivity contribution >= 4 is 22.6 Å². The lowest BCUT2D eigenvalue weighted by molar-refractivity contribution is 0.0696. The number of carboxylic acids is 1. The summed E-state index contributed by atoms with van der Waals surface area (Å²) >= 11 is 0. The van der Waals surface area contributed by atoms with Gasteiger partial charge < -0.3 is 9.84 Å². The van der Waals surface area contributed by atoms with Gasteiger partial charge in [0.15, 0.2) is 11.0 Å². The van der Waals surface area contributed by atoms with Crippen molar-refractivity contribution in [3.63, 3.8) is 0 Å². The van der Waals surface area contributed by atoms with Gasteiger partial charge in [-0.3, -0.25) is 4.31 Å². The van der Waals surface area contributed by atoms with Gasteiger partial charge in [0.1, 0.15) is 17.4 Å². The molecule has 0 fully saturated rings. The number of hydrogen-bond acceptors (Lipinski definition) is 4. The third kappa shape index (κ3) is 5.99. The first-order valence-corrected chi connectivity index (χ1v) is 12.0. The first-order valence-electron chi connectivity index (χ1n) is 10.8. The van der Waals surface area contributed by atoms with E-state index in [9.17, 15) is 14.1 Å². The number of carboxylic acid groups (broad SMARTS) is 1. The van der Waals surface area contributed by atoms with Crippen LogP contribution in [0.5, 0.6) is 5.75 Å². The fourth-order valence-corrected chi connectivity index (χ4v) is 4.71. The van der Waals surface area contributed by atoms with Gasteiger partial charge in [0.05, 0.1) is 11.3 Å². The molecule has 6 nitrogen and oxygen atoms in total. The third-order valence-electron chi connectivity index (χ3n) is 5.36. The zero-order valence-corrected chi connectivity index (χ0v) is 20.5. The molecule has 0 saturated heterocycles. The van der Waals surface area contributed by atoms with Crippen LogP contribution in [-0.2, 0) is 17.6 Å². The minimum atomic E-state index is -1.50. The number of pyridine rings is 1. The second kappa shape index (κ2) is 10.6. The van der Waals surface area contributed by atoms with Gasteiger partial charge in [0.25, 0.3) is 0 Å². The molecule has 0 spiro atoms. The van der Waals surface area contributed by atoms with Gasteiger partial charge in [-0.1, -0.05) is 26.0 Å². The number of aromatic nitrogens is 1. The maximum atomic E-state index is 13.5. The molecule has 0 radical (unpaired) electrons. The second-order valence-corrected chi connectivity index (χ2v) is 9.87. The van der Waals surface area contributed by atoms with E-state index >= 15 is 0 Å². The summed E-state index contributed by atoms with van der Waals surface area (Å²) in [5, 5.41) is 9.70. The number of aromatic carboxylic acids is 1. The summed E-state index contributed by atoms with van der Waals surface area (Å²) in [6.45, 7) is 10.9. The monoisotopic (exact) mass is 466 g/mol. The lowest BCUT2D eigenvalue weighted by Gasteiger charge is -2.27. The molecule has 33 heavy (non-hydrogen) atoms. The van der Waals surface area contributed by atoms with Crippen LogP contribution in [0.3, 0.4) is 0 Å². The molecule has 0 aliphatic rings. The van der Waals surface area contributed by atoms with Crippen LogP contribution in [-0.4, -0.2) is 26.8 Å². The van der Waals surface area contributed by atoms with E-state index in [0.29, 0.717) is 17.3 Å². The number of carbonyl (C=O) groups is 1. The second-order valence-electron chi connectivity index (χ2n) is 8.51. The quantitative estimate of drug-likeness (QED) is 0.452. The van der Waals surface area contributed by atoms with Crippen molar-refractivity contribution in [1.29, 1.82) is 0 Å². The summed E-state index contributed by atoms with van der Waals surface area (Å²) in [6.07, 6.45) is 1.64. The summed E-state index contributed by atoms with van der Waals surface area (Å²) in [5.74, 6) is -0.0639. The van der Waals surface area contributed by atoms with Gasteiger partial charge in [0.2, 0.25) is 0 Å². The Kier molecular flexibility index (Phi) is 7.87. The van der Waals surface area contributed by atoms with Gasteiger partial charge in [-0.25, -0.2) is 14.0 Å². The van der Waals surface area contributed by atoms with Crippen LogP contribution in [0, 0.1) is 26.7 Å². The van der Waals surface area contributed by atoms with Crippen LogP contribution in [0.4, 0.5) is 5.69 Å². The molecule has 1 heterocycles. The van der Waals surface area contributed by atoms with Crippen molar-refractivity contribution in [1.82, 2.24) is 4.98 Å². The standard InChI is InChI=1S/C26H30N2O4S/c1-17(2)15-28(33(31)25-8-6-7-11-27-25)23-13-18(3)19(4)14-24(23)32-16-22-10-9-21(26(29)30)12-20(22)5/h6-14,17H,15-16H2,1-5H3,(H,29,30). The number of aryl methyl sites for hydroxylation is 3. The van der Waals surface area contributed by atoms with Crippen LogP contribution >= 0.6 is 0 Å². The molecule has 0 aliphatic carbocycles. The highest BCUT2D eigenvalue weighted by molar-refractivity contribution is 7.86. The third-order valence-corrected chi connectivity index (χ3v) is 6.71. The number of ether oxygens (including phenoxy) is 1. The van der Waals surface area contributed by atoms with E-state index < -0.39 is 17.0 Å². The van der Waals surface area contributed by atoms with Crippen molar-refractivity contribution in [2.24, 2.45) is 5.92 Å². The Hall–Kier alpha value is -3.19. The van der Waals surface area contributed by atoms with Gasteiger partial charge in [0, 0.05) is 12.7 Å². The number of anilines is 1. The van der Waals surface area contributed by atoms with E-state index in [1.54, 1.807) is 36.5 Å². The first kappa shape index (κ1) is 24.5. The minimum absolute atomic E-state index is 0.247. The lowest BCUT2D eigenvalue weighted by atomic mass is 10.1. The molecule has 3 rings (SSSR count). The van der Waals surface area contributed by atoms with Gasteiger partial charge >= 0.3 is 5.97 Å². The molecule has 3 aromatic rings. The molecule has 0 bridgehead atoms. The Balaban J connectivity index is 1.98. The average molecular weight is 467 g/mol. The number of nitrogens with zero attached hydrogens (tertiary/aromatic N) is 2.